The van der Waals surface area contributed by atoms with Crippen molar-refractivity contribution in [3.05, 3.63) is 18.3 Å². The maximum Gasteiger partial charge on any atom is 0.319 e. The van der Waals surface area contributed by atoms with E-state index in [-0.39, 0.29) is 5.91 Å². The Morgan fingerprint density at radius 3 is 3.00 bits per heavy atom. The number of amides is 3. The molecular formula is C15H22N4O4. The van der Waals surface area contributed by atoms with E-state index in [0.29, 0.717) is 37.7 Å². The van der Waals surface area contributed by atoms with Crippen LogP contribution in [0.15, 0.2) is 18.3 Å². The number of hydrogen-bond acceptors (Lipinski definition) is 5. The molecule has 0 spiro atoms. The number of carbonyl (C=O) groups excluding carboxylic acids is 2. The van der Waals surface area contributed by atoms with Gasteiger partial charge >= 0.3 is 6.03 Å². The maximum absolute atomic E-state index is 12.0. The van der Waals surface area contributed by atoms with Gasteiger partial charge in [-0.3, -0.25) is 4.79 Å². The Morgan fingerprint density at radius 1 is 1.39 bits per heavy atom. The van der Waals surface area contributed by atoms with Crippen molar-refractivity contribution < 1.29 is 19.1 Å². The van der Waals surface area contributed by atoms with Crippen LogP contribution in [0.25, 0.3) is 0 Å². The molecule has 1 atom stereocenters. The van der Waals surface area contributed by atoms with Crippen LogP contribution in [0.5, 0.6) is 5.88 Å². The standard InChI is InChI=1S/C15H22N4O4/c1-22-8-9-23-13-6-5-11(10-17-13)18-15(21)19-12-4-2-3-7-16-14(12)20/h5-6,10,12H,2-4,7-9H2,1H3,(H,16,20)(H2,18,19,21)/t12-/m1/s1. The van der Waals surface area contributed by atoms with Gasteiger partial charge in [-0.2, -0.15) is 0 Å². The smallest absolute Gasteiger partial charge is 0.319 e. The highest BCUT2D eigenvalue weighted by Crippen LogP contribution is 2.12. The minimum Gasteiger partial charge on any atom is -0.475 e. The first-order valence-corrected chi connectivity index (χ1v) is 7.62. The Bertz CT molecular complexity index is 521. The fraction of sp³-hybridized carbons (Fsp3) is 0.533. The normalized spacial score (nSPS) is 17.8. The van der Waals surface area contributed by atoms with E-state index in [0.717, 1.165) is 12.8 Å². The fourth-order valence-corrected chi connectivity index (χ4v) is 2.17. The van der Waals surface area contributed by atoms with Gasteiger partial charge in [0.1, 0.15) is 12.6 Å². The van der Waals surface area contributed by atoms with Gasteiger partial charge in [-0.25, -0.2) is 9.78 Å². The van der Waals surface area contributed by atoms with E-state index in [2.05, 4.69) is 20.9 Å². The van der Waals surface area contributed by atoms with E-state index in [1.54, 1.807) is 19.2 Å². The summed E-state index contributed by atoms with van der Waals surface area (Å²) in [6.07, 6.45) is 3.97. The Kier molecular flexibility index (Phi) is 6.61. The lowest BCUT2D eigenvalue weighted by Crippen LogP contribution is -2.47. The number of pyridine rings is 1. The number of urea groups is 1. The van der Waals surface area contributed by atoms with Gasteiger partial charge in [0.05, 0.1) is 18.5 Å². The monoisotopic (exact) mass is 322 g/mol. The second kappa shape index (κ2) is 8.94. The molecule has 23 heavy (non-hydrogen) atoms. The molecule has 1 saturated heterocycles. The lowest BCUT2D eigenvalue weighted by atomic mass is 10.1. The molecule has 1 aliphatic rings. The maximum atomic E-state index is 12.0. The number of aromatic nitrogens is 1. The molecule has 0 saturated carbocycles. The fourth-order valence-electron chi connectivity index (χ4n) is 2.17. The second-order valence-corrected chi connectivity index (χ2v) is 5.16. The molecular weight excluding hydrogens is 300 g/mol. The summed E-state index contributed by atoms with van der Waals surface area (Å²) >= 11 is 0. The second-order valence-electron chi connectivity index (χ2n) is 5.16. The van der Waals surface area contributed by atoms with Crippen molar-refractivity contribution in [1.29, 1.82) is 0 Å². The molecule has 3 N–H and O–H groups in total. The van der Waals surface area contributed by atoms with Gasteiger partial charge in [0.15, 0.2) is 0 Å². The van der Waals surface area contributed by atoms with Gasteiger partial charge < -0.3 is 25.4 Å². The summed E-state index contributed by atoms with van der Waals surface area (Å²) in [5.74, 6) is 0.314. The van der Waals surface area contributed by atoms with Gasteiger partial charge in [0.25, 0.3) is 0 Å². The third-order valence-corrected chi connectivity index (χ3v) is 3.37. The highest BCUT2D eigenvalue weighted by Gasteiger charge is 2.22. The molecule has 126 valence electrons. The molecule has 1 aromatic heterocycles. The Morgan fingerprint density at radius 2 is 2.26 bits per heavy atom. The van der Waals surface area contributed by atoms with Crippen molar-refractivity contribution in [3.63, 3.8) is 0 Å². The number of nitrogens with one attached hydrogen (secondary N) is 3. The van der Waals surface area contributed by atoms with E-state index in [1.165, 1.54) is 6.20 Å². The Balaban J connectivity index is 1.81. The number of hydrogen-bond donors (Lipinski definition) is 3. The van der Waals surface area contributed by atoms with Crippen LogP contribution in [0.1, 0.15) is 19.3 Å². The SMILES string of the molecule is COCCOc1ccc(NC(=O)N[C@@H]2CCCCNC2=O)cn1. The average Bonchev–Trinajstić information content (AvgIpc) is 2.74. The van der Waals surface area contributed by atoms with Crippen molar-refractivity contribution in [3.8, 4) is 5.88 Å². The molecule has 8 nitrogen and oxygen atoms in total. The zero-order valence-electron chi connectivity index (χ0n) is 13.1. The van der Waals surface area contributed by atoms with Crippen LogP contribution in [-0.4, -0.2) is 49.8 Å². The molecule has 1 aliphatic heterocycles. The van der Waals surface area contributed by atoms with Crippen molar-refractivity contribution in [2.45, 2.75) is 25.3 Å². The molecule has 1 aromatic rings. The van der Waals surface area contributed by atoms with Gasteiger partial charge in [-0.1, -0.05) is 0 Å². The number of anilines is 1. The number of carbonyl (C=O) groups is 2. The third kappa shape index (κ3) is 5.74. The van der Waals surface area contributed by atoms with Crippen molar-refractivity contribution >= 4 is 17.6 Å². The molecule has 8 heteroatoms. The van der Waals surface area contributed by atoms with Crippen LogP contribution >= 0.6 is 0 Å². The molecule has 2 heterocycles. The van der Waals surface area contributed by atoms with Crippen LogP contribution in [0.2, 0.25) is 0 Å². The molecule has 2 rings (SSSR count). The summed E-state index contributed by atoms with van der Waals surface area (Å²) in [5, 5.41) is 8.10. The van der Waals surface area contributed by atoms with Crippen molar-refractivity contribution in [1.82, 2.24) is 15.6 Å². The van der Waals surface area contributed by atoms with Gasteiger partial charge in [-0.15, -0.1) is 0 Å². The number of ether oxygens (including phenoxy) is 2. The van der Waals surface area contributed by atoms with Crippen LogP contribution in [0.4, 0.5) is 10.5 Å². The average molecular weight is 322 g/mol. The molecule has 0 unspecified atom stereocenters. The predicted octanol–water partition coefficient (Wildman–Crippen LogP) is 0.897. The molecule has 0 bridgehead atoms. The van der Waals surface area contributed by atoms with Crippen LogP contribution < -0.4 is 20.7 Å². The molecule has 1 fully saturated rings. The minimum atomic E-state index is -0.498. The van der Waals surface area contributed by atoms with Gasteiger partial charge in [-0.05, 0) is 25.3 Å². The summed E-state index contributed by atoms with van der Waals surface area (Å²) in [6.45, 7) is 1.55. The lowest BCUT2D eigenvalue weighted by Gasteiger charge is -2.15. The van der Waals surface area contributed by atoms with Crippen LogP contribution in [0, 0.1) is 0 Å². The summed E-state index contributed by atoms with van der Waals surface area (Å²) < 4.78 is 10.2. The topological polar surface area (TPSA) is 102 Å². The summed E-state index contributed by atoms with van der Waals surface area (Å²) in [4.78, 5) is 27.8. The quantitative estimate of drug-likeness (QED) is 0.675. The van der Waals surface area contributed by atoms with Crippen molar-refractivity contribution in [2.24, 2.45) is 0 Å². The highest BCUT2D eigenvalue weighted by molar-refractivity contribution is 5.93. The first-order chi connectivity index (χ1) is 11.2. The van der Waals surface area contributed by atoms with E-state index in [9.17, 15) is 9.59 Å². The molecule has 0 radical (unpaired) electrons. The number of methoxy groups -OCH3 is 1. The predicted molar refractivity (Wildman–Crippen MR) is 84.4 cm³/mol. The molecule has 3 amide bonds. The summed E-state index contributed by atoms with van der Waals surface area (Å²) in [6, 6.07) is 2.41. The summed E-state index contributed by atoms with van der Waals surface area (Å²) in [7, 11) is 1.59. The summed E-state index contributed by atoms with van der Waals surface area (Å²) in [5.41, 5.74) is 0.524. The first-order valence-electron chi connectivity index (χ1n) is 7.62. The molecule has 0 aliphatic carbocycles. The zero-order chi connectivity index (χ0) is 16.5. The number of nitrogens with zero attached hydrogens (tertiary/aromatic N) is 1. The van der Waals surface area contributed by atoms with Crippen molar-refractivity contribution in [2.75, 3.05) is 32.2 Å². The van der Waals surface area contributed by atoms with E-state index < -0.39 is 12.1 Å². The lowest BCUT2D eigenvalue weighted by molar-refractivity contribution is -0.122. The van der Waals surface area contributed by atoms with Crippen LogP contribution in [0.3, 0.4) is 0 Å². The van der Waals surface area contributed by atoms with Gasteiger partial charge in [0, 0.05) is 19.7 Å². The number of rotatable bonds is 6. The van der Waals surface area contributed by atoms with E-state index in [1.807, 2.05) is 0 Å². The molecule has 0 aromatic carbocycles. The largest absolute Gasteiger partial charge is 0.475 e. The van der Waals surface area contributed by atoms with Gasteiger partial charge in [0.2, 0.25) is 11.8 Å². The highest BCUT2D eigenvalue weighted by atomic mass is 16.5. The van der Waals surface area contributed by atoms with Crippen LogP contribution in [-0.2, 0) is 9.53 Å². The van der Waals surface area contributed by atoms with E-state index in [4.69, 9.17) is 9.47 Å². The first kappa shape index (κ1) is 17.0. The zero-order valence-corrected chi connectivity index (χ0v) is 13.1. The third-order valence-electron chi connectivity index (χ3n) is 3.37. The van der Waals surface area contributed by atoms with E-state index >= 15 is 0 Å². The Labute approximate surface area is 134 Å². The minimum absolute atomic E-state index is 0.141. The Hall–Kier alpha value is -2.35.